The zero-order valence-electron chi connectivity index (χ0n) is 10.4. The Kier molecular flexibility index (Phi) is 7.30. The lowest BCUT2D eigenvalue weighted by atomic mass is 10.1. The van der Waals surface area contributed by atoms with Crippen LogP contribution in [0.2, 0.25) is 0 Å². The van der Waals surface area contributed by atoms with Gasteiger partial charge in [0.25, 0.3) is 10.1 Å². The van der Waals surface area contributed by atoms with Gasteiger partial charge in [0.2, 0.25) is 0 Å². The predicted molar refractivity (Wildman–Crippen MR) is 63.2 cm³/mol. The maximum absolute atomic E-state index is 11.9. The van der Waals surface area contributed by atoms with Crippen LogP contribution in [-0.2, 0) is 23.9 Å². The van der Waals surface area contributed by atoms with E-state index in [4.69, 9.17) is 0 Å². The summed E-state index contributed by atoms with van der Waals surface area (Å²) in [6.07, 6.45) is 4.21. The van der Waals surface area contributed by atoms with Crippen molar-refractivity contribution in [2.75, 3.05) is 5.75 Å². The summed E-state index contributed by atoms with van der Waals surface area (Å²) in [5.41, 5.74) is -5.73. The summed E-state index contributed by atoms with van der Waals surface area (Å²) in [4.78, 5) is 0. The summed E-state index contributed by atoms with van der Waals surface area (Å²) in [5, 5.41) is 0. The second kappa shape index (κ2) is 7.44. The summed E-state index contributed by atoms with van der Waals surface area (Å²) in [6.45, 7) is 2.00. The molecule has 116 valence electrons. The second-order valence-electron chi connectivity index (χ2n) is 4.00. The summed E-state index contributed by atoms with van der Waals surface area (Å²) < 4.78 is 82.2. The van der Waals surface area contributed by atoms with Crippen molar-refractivity contribution in [3.05, 3.63) is 0 Å². The molecule has 10 heteroatoms. The van der Waals surface area contributed by atoms with E-state index in [1.54, 1.807) is 0 Å². The molecule has 0 aromatic carbocycles. The Morgan fingerprint density at radius 2 is 1.37 bits per heavy atom. The van der Waals surface area contributed by atoms with Crippen molar-refractivity contribution in [2.24, 2.45) is 0 Å². The van der Waals surface area contributed by atoms with Crippen LogP contribution in [0.1, 0.15) is 45.4 Å². The molecule has 0 spiro atoms. The highest BCUT2D eigenvalue weighted by Gasteiger charge is 2.50. The Balaban J connectivity index is 4.21. The molecule has 0 heterocycles. The van der Waals surface area contributed by atoms with Gasteiger partial charge in [0.1, 0.15) is 0 Å². The van der Waals surface area contributed by atoms with Crippen molar-refractivity contribution >= 4 is 20.2 Å². The van der Waals surface area contributed by atoms with Gasteiger partial charge in [0.05, 0.1) is 5.75 Å². The first-order valence-corrected chi connectivity index (χ1v) is 8.75. The molecule has 0 unspecified atom stereocenters. The van der Waals surface area contributed by atoms with E-state index in [1.807, 2.05) is 6.92 Å². The highest BCUT2D eigenvalue weighted by Crippen LogP contribution is 2.26. The van der Waals surface area contributed by atoms with Crippen molar-refractivity contribution in [1.82, 2.24) is 0 Å². The molecule has 0 aliphatic heterocycles. The van der Waals surface area contributed by atoms with Gasteiger partial charge in [-0.25, -0.2) is 0 Å². The van der Waals surface area contributed by atoms with Gasteiger partial charge in [-0.2, -0.15) is 30.0 Å². The smallest absolute Gasteiger partial charge is 0.198 e. The Morgan fingerprint density at radius 3 is 1.84 bits per heavy atom. The van der Waals surface area contributed by atoms with E-state index in [0.29, 0.717) is 6.42 Å². The van der Waals surface area contributed by atoms with E-state index in [9.17, 15) is 30.0 Å². The molecule has 0 amide bonds. The first kappa shape index (κ1) is 18.7. The maximum atomic E-state index is 11.9. The lowest BCUT2D eigenvalue weighted by Gasteiger charge is -2.08. The molecule has 0 bridgehead atoms. The average Bonchev–Trinajstić information content (AvgIpc) is 2.20. The van der Waals surface area contributed by atoms with Crippen LogP contribution in [-0.4, -0.2) is 28.1 Å². The minimum absolute atomic E-state index is 0.0689. The van der Waals surface area contributed by atoms with E-state index in [-0.39, 0.29) is 6.42 Å². The Labute approximate surface area is 111 Å². The average molecular weight is 326 g/mol. The largest absolute Gasteiger partial charge is 0.524 e. The predicted octanol–water partition coefficient (Wildman–Crippen LogP) is 2.54. The van der Waals surface area contributed by atoms with Crippen molar-refractivity contribution in [1.29, 1.82) is 0 Å². The zero-order chi connectivity index (χ0) is 15.2. The van der Waals surface area contributed by atoms with Gasteiger partial charge in [0.15, 0.2) is 0 Å². The van der Waals surface area contributed by atoms with Crippen molar-refractivity contribution in [3.8, 4) is 0 Å². The lowest BCUT2D eigenvalue weighted by Crippen LogP contribution is -2.29. The maximum Gasteiger partial charge on any atom is 0.524 e. The quantitative estimate of drug-likeness (QED) is 0.481. The molecule has 0 aromatic heterocycles. The third-order valence-corrected chi connectivity index (χ3v) is 5.13. The Hall–Kier alpha value is -0.350. The molecule has 0 aromatic rings. The fraction of sp³-hybridized carbons (Fsp3) is 1.00. The third-order valence-electron chi connectivity index (χ3n) is 2.22. The molecule has 0 aliphatic rings. The Bertz CT molecular complexity index is 453. The summed E-state index contributed by atoms with van der Waals surface area (Å²) in [6, 6.07) is 0. The number of halogens is 3. The van der Waals surface area contributed by atoms with Gasteiger partial charge in [-0.05, 0) is 6.42 Å². The molecule has 0 aliphatic carbocycles. The lowest BCUT2D eigenvalue weighted by molar-refractivity contribution is -0.0498. The van der Waals surface area contributed by atoms with Gasteiger partial charge in [-0.15, -0.1) is 3.63 Å². The summed E-state index contributed by atoms with van der Waals surface area (Å²) in [5.74, 6) is -0.742. The minimum atomic E-state index is -6.09. The minimum Gasteiger partial charge on any atom is -0.198 e. The molecule has 0 rings (SSSR count). The molecule has 0 N–H and O–H groups in total. The molecular formula is C9H17F3O5S2. The van der Waals surface area contributed by atoms with Gasteiger partial charge in [0, 0.05) is 0 Å². The van der Waals surface area contributed by atoms with Crippen LogP contribution in [0.3, 0.4) is 0 Å². The van der Waals surface area contributed by atoms with Crippen LogP contribution in [0.15, 0.2) is 0 Å². The molecular weight excluding hydrogens is 309 g/mol. The fourth-order valence-corrected chi connectivity index (χ4v) is 3.50. The van der Waals surface area contributed by atoms with E-state index < -0.39 is 31.5 Å². The van der Waals surface area contributed by atoms with Crippen LogP contribution < -0.4 is 0 Å². The van der Waals surface area contributed by atoms with Crippen LogP contribution in [0, 0.1) is 0 Å². The zero-order valence-corrected chi connectivity index (χ0v) is 12.1. The van der Waals surface area contributed by atoms with Crippen molar-refractivity contribution in [2.45, 2.75) is 51.0 Å². The van der Waals surface area contributed by atoms with Gasteiger partial charge >= 0.3 is 15.6 Å². The first-order chi connectivity index (χ1) is 8.52. The highest BCUT2D eigenvalue weighted by molar-refractivity contribution is 8.00. The van der Waals surface area contributed by atoms with E-state index in [0.717, 1.165) is 25.7 Å². The molecule has 0 fully saturated rings. The molecule has 0 atom stereocenters. The van der Waals surface area contributed by atoms with E-state index >= 15 is 0 Å². The van der Waals surface area contributed by atoms with Crippen LogP contribution in [0.4, 0.5) is 13.2 Å². The SMILES string of the molecule is CCCCCCCCS(=O)(=O)OS(=O)(=O)C(F)(F)F. The number of alkyl halides is 3. The molecule has 0 saturated heterocycles. The first-order valence-electron chi connectivity index (χ1n) is 5.77. The van der Waals surface area contributed by atoms with Crippen molar-refractivity contribution in [3.63, 3.8) is 0 Å². The standard InChI is InChI=1S/C9H17F3O5S2/c1-2-3-4-5-6-7-8-18(13,14)17-19(15,16)9(10,11)12/h2-8H2,1H3. The summed E-state index contributed by atoms with van der Waals surface area (Å²) in [7, 11) is -10.8. The summed E-state index contributed by atoms with van der Waals surface area (Å²) >= 11 is 0. The highest BCUT2D eigenvalue weighted by atomic mass is 32.3. The van der Waals surface area contributed by atoms with Crippen LogP contribution in [0.5, 0.6) is 0 Å². The normalized spacial score (nSPS) is 13.7. The number of unbranched alkanes of at least 4 members (excludes halogenated alkanes) is 5. The van der Waals surface area contributed by atoms with E-state index in [1.165, 1.54) is 0 Å². The van der Waals surface area contributed by atoms with Crippen LogP contribution in [0.25, 0.3) is 0 Å². The monoisotopic (exact) mass is 326 g/mol. The molecule has 5 nitrogen and oxygen atoms in total. The molecule has 0 radical (unpaired) electrons. The molecule has 0 saturated carbocycles. The van der Waals surface area contributed by atoms with Gasteiger partial charge < -0.3 is 0 Å². The van der Waals surface area contributed by atoms with Crippen molar-refractivity contribution < 1.29 is 33.6 Å². The number of rotatable bonds is 9. The van der Waals surface area contributed by atoms with Gasteiger partial charge in [-0.3, -0.25) is 0 Å². The Morgan fingerprint density at radius 1 is 0.895 bits per heavy atom. The van der Waals surface area contributed by atoms with Crippen LogP contribution >= 0.6 is 0 Å². The van der Waals surface area contributed by atoms with E-state index in [2.05, 4.69) is 3.63 Å². The number of hydrogen-bond acceptors (Lipinski definition) is 5. The second-order valence-corrected chi connectivity index (χ2v) is 7.44. The topological polar surface area (TPSA) is 77.5 Å². The third kappa shape index (κ3) is 7.73. The fourth-order valence-electron chi connectivity index (χ4n) is 1.27. The van der Waals surface area contributed by atoms with Gasteiger partial charge in [-0.1, -0.05) is 39.0 Å². The number of hydrogen-bond donors (Lipinski definition) is 0. The molecule has 19 heavy (non-hydrogen) atoms.